The first-order valence-electron chi connectivity index (χ1n) is 3.46. The number of rotatable bonds is 0. The molecule has 0 aromatic carbocycles. The van der Waals surface area contributed by atoms with E-state index in [4.69, 9.17) is 0 Å². The first kappa shape index (κ1) is 10.9. The van der Waals surface area contributed by atoms with Gasteiger partial charge in [-0.25, -0.2) is 0 Å². The normalized spacial score (nSPS) is 18.0. The summed E-state index contributed by atoms with van der Waals surface area (Å²) in [5, 5.41) is 0. The van der Waals surface area contributed by atoms with Crippen molar-refractivity contribution in [3.05, 3.63) is 22.3 Å². The third-order valence-electron chi connectivity index (χ3n) is 2.37. The number of hydrogen-bond acceptors (Lipinski definition) is 0. The molecule has 54 valence electrons. The van der Waals surface area contributed by atoms with Crippen molar-refractivity contribution in [2.24, 2.45) is 0 Å². The first-order chi connectivity index (χ1) is 4.13. The molecule has 0 heterocycles. The molecule has 0 fully saturated rings. The van der Waals surface area contributed by atoms with Gasteiger partial charge in [0.25, 0.3) is 0 Å². The molecule has 10 heavy (non-hydrogen) atoms. The van der Waals surface area contributed by atoms with Crippen molar-refractivity contribution in [2.75, 3.05) is 0 Å². The van der Waals surface area contributed by atoms with Gasteiger partial charge in [0, 0.05) is 41.7 Å². The Morgan fingerprint density at radius 3 is 1.20 bits per heavy atom. The van der Waals surface area contributed by atoms with Gasteiger partial charge in [-0.15, -0.1) is 0 Å². The molecule has 0 bridgehead atoms. The molecule has 0 saturated heterocycles. The van der Waals surface area contributed by atoms with Gasteiger partial charge in [0.15, 0.2) is 0 Å². The topological polar surface area (TPSA) is 0 Å². The molecular weight excluding hydrogens is 248 g/mol. The van der Waals surface area contributed by atoms with Gasteiger partial charge in [-0.3, -0.25) is 0 Å². The predicted molar refractivity (Wildman–Crippen MR) is 41.4 cm³/mol. The van der Waals surface area contributed by atoms with Crippen molar-refractivity contribution < 1.29 is 41.7 Å². The maximum atomic E-state index is 2.22. The molecule has 1 heteroatoms. The number of hydrogen-bond donors (Lipinski definition) is 0. The third-order valence-corrected chi connectivity index (χ3v) is 2.37. The minimum Gasteiger partial charge on any atom is -0.0661 e. The molecular formula is C9H14Ce. The minimum atomic E-state index is 0. The smallest absolute Gasteiger partial charge is 0 e. The van der Waals surface area contributed by atoms with Gasteiger partial charge >= 0.3 is 0 Å². The first-order valence-corrected chi connectivity index (χ1v) is 3.46. The Kier molecular flexibility index (Phi) is 4.37. The Hall–Kier alpha value is 0.857. The van der Waals surface area contributed by atoms with Crippen molar-refractivity contribution >= 4 is 0 Å². The summed E-state index contributed by atoms with van der Waals surface area (Å²) in [4.78, 5) is 0. The van der Waals surface area contributed by atoms with Crippen LogP contribution in [0, 0.1) is 41.7 Å². The summed E-state index contributed by atoms with van der Waals surface area (Å²) in [6, 6.07) is 0. The van der Waals surface area contributed by atoms with Crippen LogP contribution in [0.15, 0.2) is 22.3 Å². The van der Waals surface area contributed by atoms with E-state index < -0.39 is 0 Å². The third kappa shape index (κ3) is 1.92. The molecule has 1 aliphatic carbocycles. The molecule has 0 N–H and O–H groups in total. The summed E-state index contributed by atoms with van der Waals surface area (Å²) in [6.45, 7) is 8.85. The molecule has 0 atom stereocenters. The molecule has 0 nitrogen and oxygen atoms in total. The zero-order valence-corrected chi connectivity index (χ0v) is 10.3. The summed E-state index contributed by atoms with van der Waals surface area (Å²) >= 11 is 0. The van der Waals surface area contributed by atoms with Gasteiger partial charge in [0.1, 0.15) is 0 Å². The van der Waals surface area contributed by atoms with Crippen LogP contribution in [0.2, 0.25) is 0 Å². The van der Waals surface area contributed by atoms with Crippen LogP contribution in [0.25, 0.3) is 0 Å². The van der Waals surface area contributed by atoms with Crippen molar-refractivity contribution in [1.29, 1.82) is 0 Å². The van der Waals surface area contributed by atoms with Gasteiger partial charge in [-0.05, 0) is 45.3 Å². The van der Waals surface area contributed by atoms with E-state index in [2.05, 4.69) is 27.7 Å². The van der Waals surface area contributed by atoms with E-state index >= 15 is 0 Å². The summed E-state index contributed by atoms with van der Waals surface area (Å²) in [5.41, 5.74) is 6.11. The van der Waals surface area contributed by atoms with Crippen LogP contribution in [-0.4, -0.2) is 0 Å². The fourth-order valence-corrected chi connectivity index (χ4v) is 1.30. The Morgan fingerprint density at radius 2 is 1.10 bits per heavy atom. The van der Waals surface area contributed by atoms with Crippen LogP contribution >= 0.6 is 0 Å². The average molecular weight is 262 g/mol. The summed E-state index contributed by atoms with van der Waals surface area (Å²) in [7, 11) is 0. The summed E-state index contributed by atoms with van der Waals surface area (Å²) < 4.78 is 0. The molecule has 0 unspecified atom stereocenters. The van der Waals surface area contributed by atoms with E-state index in [-0.39, 0.29) is 41.7 Å². The van der Waals surface area contributed by atoms with Crippen molar-refractivity contribution in [3.63, 3.8) is 0 Å². The zero-order valence-electron chi connectivity index (χ0n) is 7.21. The molecule has 0 radical (unpaired) electrons. The predicted octanol–water partition coefficient (Wildman–Crippen LogP) is 3.06. The van der Waals surface area contributed by atoms with Crippen molar-refractivity contribution in [2.45, 2.75) is 34.1 Å². The van der Waals surface area contributed by atoms with Crippen LogP contribution in [0.4, 0.5) is 0 Å². The van der Waals surface area contributed by atoms with Crippen molar-refractivity contribution in [1.82, 2.24) is 0 Å². The van der Waals surface area contributed by atoms with Gasteiger partial charge in [-0.2, -0.15) is 0 Å². The average Bonchev–Trinajstić information content (AvgIpc) is 1.98. The van der Waals surface area contributed by atoms with Gasteiger partial charge in [0.05, 0.1) is 0 Å². The molecule has 0 amide bonds. The van der Waals surface area contributed by atoms with E-state index in [0.717, 1.165) is 0 Å². The SMILES string of the molecule is CC1=C(C)C(C)=C(C)C1.[Ce]. The van der Waals surface area contributed by atoms with Crippen LogP contribution < -0.4 is 0 Å². The molecule has 0 aromatic rings. The van der Waals surface area contributed by atoms with Crippen molar-refractivity contribution in [3.8, 4) is 0 Å². The molecule has 0 spiro atoms. The summed E-state index contributed by atoms with van der Waals surface area (Å²) in [6.07, 6.45) is 1.21. The van der Waals surface area contributed by atoms with Crippen LogP contribution in [0.1, 0.15) is 34.1 Å². The largest absolute Gasteiger partial charge is 0.0661 e. The molecule has 0 aromatic heterocycles. The Bertz CT molecular complexity index is 175. The maximum absolute atomic E-state index is 2.22. The summed E-state index contributed by atoms with van der Waals surface area (Å²) in [5.74, 6) is 0. The molecule has 1 rings (SSSR count). The Morgan fingerprint density at radius 1 is 0.800 bits per heavy atom. The quantitative estimate of drug-likeness (QED) is 0.629. The van der Waals surface area contributed by atoms with E-state index in [1.165, 1.54) is 17.6 Å². The number of allylic oxidation sites excluding steroid dienone is 4. The second-order valence-electron chi connectivity index (χ2n) is 2.99. The van der Waals surface area contributed by atoms with E-state index in [1.54, 1.807) is 11.1 Å². The fourth-order valence-electron chi connectivity index (χ4n) is 1.30. The van der Waals surface area contributed by atoms with Gasteiger partial charge in [0.2, 0.25) is 0 Å². The Labute approximate surface area is 97.2 Å². The van der Waals surface area contributed by atoms with Crippen LogP contribution in [-0.2, 0) is 0 Å². The monoisotopic (exact) mass is 262 g/mol. The van der Waals surface area contributed by atoms with Gasteiger partial charge in [-0.1, -0.05) is 11.1 Å². The minimum absolute atomic E-state index is 0. The molecule has 0 saturated carbocycles. The van der Waals surface area contributed by atoms with E-state index in [1.807, 2.05) is 0 Å². The molecule has 1 aliphatic rings. The zero-order chi connectivity index (χ0) is 7.02. The second-order valence-corrected chi connectivity index (χ2v) is 2.99. The van der Waals surface area contributed by atoms with Gasteiger partial charge < -0.3 is 0 Å². The van der Waals surface area contributed by atoms with Crippen LogP contribution in [0.3, 0.4) is 0 Å². The maximum Gasteiger partial charge on any atom is 0 e. The molecule has 0 aliphatic heterocycles. The van der Waals surface area contributed by atoms with E-state index in [0.29, 0.717) is 0 Å². The fraction of sp³-hybridized carbons (Fsp3) is 0.556. The van der Waals surface area contributed by atoms with Crippen LogP contribution in [0.5, 0.6) is 0 Å². The Balaban J connectivity index is 0.000000810. The standard InChI is InChI=1S/C9H14.Ce/c1-6-5-7(2)9(4)8(6)3;/h5H2,1-4H3;. The second kappa shape index (κ2) is 4.03. The van der Waals surface area contributed by atoms with E-state index in [9.17, 15) is 0 Å².